The molecule has 4 N–H and O–H groups in total. The predicted octanol–water partition coefficient (Wildman–Crippen LogP) is 0.664. The lowest BCUT2D eigenvalue weighted by atomic mass is 10.2. The van der Waals surface area contributed by atoms with Gasteiger partial charge in [-0.1, -0.05) is 0 Å². The summed E-state index contributed by atoms with van der Waals surface area (Å²) in [6.07, 6.45) is 3.24. The smallest absolute Gasteiger partial charge is 0.338 e. The van der Waals surface area contributed by atoms with Crippen LogP contribution in [0.2, 0.25) is 0 Å². The number of anilines is 1. The Labute approximate surface area is 115 Å². The molecule has 0 spiro atoms. The van der Waals surface area contributed by atoms with Gasteiger partial charge in [0.15, 0.2) is 0 Å². The zero-order valence-electron chi connectivity index (χ0n) is 10.6. The molecule has 0 bridgehead atoms. The summed E-state index contributed by atoms with van der Waals surface area (Å²) in [7, 11) is 0. The molecule has 1 aromatic heterocycles. The fraction of sp³-hybridized carbons (Fsp3) is 0.154. The summed E-state index contributed by atoms with van der Waals surface area (Å²) < 4.78 is 5.12. The second-order valence-electron chi connectivity index (χ2n) is 4.08. The van der Waals surface area contributed by atoms with Gasteiger partial charge in [0.2, 0.25) is 5.91 Å². The monoisotopic (exact) mass is 274 g/mol. The SMILES string of the molecule is NC(=O)CNc1ccc(C(=O)OCc2cn[nH]c2)cc1. The third-order valence-electron chi connectivity index (χ3n) is 2.51. The molecule has 0 aliphatic rings. The maximum Gasteiger partial charge on any atom is 0.338 e. The Balaban J connectivity index is 1.88. The van der Waals surface area contributed by atoms with Crippen LogP contribution in [0, 0.1) is 0 Å². The van der Waals surface area contributed by atoms with Gasteiger partial charge in [-0.25, -0.2) is 4.79 Å². The van der Waals surface area contributed by atoms with Crippen molar-refractivity contribution in [1.29, 1.82) is 0 Å². The third-order valence-corrected chi connectivity index (χ3v) is 2.51. The van der Waals surface area contributed by atoms with E-state index in [2.05, 4.69) is 15.5 Å². The first-order valence-electron chi connectivity index (χ1n) is 5.92. The Morgan fingerprint density at radius 3 is 2.65 bits per heavy atom. The van der Waals surface area contributed by atoms with Gasteiger partial charge in [0, 0.05) is 17.4 Å². The lowest BCUT2D eigenvalue weighted by molar-refractivity contribution is -0.116. The molecule has 1 aromatic carbocycles. The Kier molecular flexibility index (Phi) is 4.33. The Bertz CT molecular complexity index is 578. The van der Waals surface area contributed by atoms with Gasteiger partial charge in [0.1, 0.15) is 6.61 Å². The summed E-state index contributed by atoms with van der Waals surface area (Å²) >= 11 is 0. The molecule has 1 heterocycles. The van der Waals surface area contributed by atoms with E-state index in [0.29, 0.717) is 11.3 Å². The van der Waals surface area contributed by atoms with Crippen LogP contribution in [0.15, 0.2) is 36.7 Å². The van der Waals surface area contributed by atoms with E-state index in [1.807, 2.05) is 0 Å². The van der Waals surface area contributed by atoms with Crippen molar-refractivity contribution in [2.75, 3.05) is 11.9 Å². The summed E-state index contributed by atoms with van der Waals surface area (Å²) in [5.41, 5.74) is 6.94. The normalized spacial score (nSPS) is 10.0. The lowest BCUT2D eigenvalue weighted by Gasteiger charge is -2.06. The zero-order valence-corrected chi connectivity index (χ0v) is 10.6. The zero-order chi connectivity index (χ0) is 14.4. The van der Waals surface area contributed by atoms with Gasteiger partial charge in [-0.15, -0.1) is 0 Å². The van der Waals surface area contributed by atoms with Crippen molar-refractivity contribution in [3.05, 3.63) is 47.8 Å². The number of carbonyl (C=O) groups excluding carboxylic acids is 2. The highest BCUT2D eigenvalue weighted by atomic mass is 16.5. The van der Waals surface area contributed by atoms with Gasteiger partial charge >= 0.3 is 5.97 Å². The van der Waals surface area contributed by atoms with Crippen molar-refractivity contribution in [1.82, 2.24) is 10.2 Å². The standard InChI is InChI=1S/C13H14N4O3/c14-12(18)7-15-11-3-1-10(2-4-11)13(19)20-8-9-5-16-17-6-9/h1-6,15H,7-8H2,(H2,14,18)(H,16,17). The molecule has 0 unspecified atom stereocenters. The summed E-state index contributed by atoms with van der Waals surface area (Å²) in [5.74, 6) is -0.874. The molecule has 7 heteroatoms. The van der Waals surface area contributed by atoms with Crippen LogP contribution in [-0.4, -0.2) is 28.6 Å². The molecule has 1 amide bonds. The summed E-state index contributed by atoms with van der Waals surface area (Å²) in [4.78, 5) is 22.4. The molecule has 0 radical (unpaired) electrons. The Morgan fingerprint density at radius 1 is 1.30 bits per heavy atom. The highest BCUT2D eigenvalue weighted by molar-refractivity contribution is 5.89. The number of rotatable bonds is 6. The summed E-state index contributed by atoms with van der Waals surface area (Å²) in [6, 6.07) is 6.58. The molecule has 20 heavy (non-hydrogen) atoms. The number of aromatic amines is 1. The van der Waals surface area contributed by atoms with Crippen LogP contribution in [0.5, 0.6) is 0 Å². The molecule has 2 aromatic rings. The number of nitrogens with one attached hydrogen (secondary N) is 2. The van der Waals surface area contributed by atoms with Gasteiger partial charge < -0.3 is 15.8 Å². The number of ether oxygens (including phenoxy) is 1. The van der Waals surface area contributed by atoms with Gasteiger partial charge in [-0.2, -0.15) is 5.10 Å². The fourth-order valence-electron chi connectivity index (χ4n) is 1.50. The van der Waals surface area contributed by atoms with Crippen LogP contribution >= 0.6 is 0 Å². The number of benzene rings is 1. The van der Waals surface area contributed by atoms with E-state index in [9.17, 15) is 9.59 Å². The second kappa shape index (κ2) is 6.37. The number of hydrogen-bond donors (Lipinski definition) is 3. The third kappa shape index (κ3) is 3.84. The molecule has 2 rings (SSSR count). The van der Waals surface area contributed by atoms with Gasteiger partial charge in [-0.05, 0) is 24.3 Å². The number of primary amides is 1. The van der Waals surface area contributed by atoms with E-state index >= 15 is 0 Å². The van der Waals surface area contributed by atoms with Crippen molar-refractivity contribution in [3.63, 3.8) is 0 Å². The molecule has 0 aliphatic heterocycles. The number of esters is 1. The molecular weight excluding hydrogens is 260 g/mol. The van der Waals surface area contributed by atoms with Gasteiger partial charge in [0.05, 0.1) is 18.3 Å². The number of H-pyrrole nitrogens is 1. The van der Waals surface area contributed by atoms with E-state index < -0.39 is 11.9 Å². The quantitative estimate of drug-likeness (QED) is 0.670. The van der Waals surface area contributed by atoms with E-state index in [0.717, 1.165) is 5.56 Å². The molecule has 0 saturated carbocycles. The predicted molar refractivity (Wildman–Crippen MR) is 71.8 cm³/mol. The van der Waals surface area contributed by atoms with Crippen molar-refractivity contribution in [2.45, 2.75) is 6.61 Å². The van der Waals surface area contributed by atoms with E-state index in [-0.39, 0.29) is 13.2 Å². The number of nitrogens with zero attached hydrogens (tertiary/aromatic N) is 1. The van der Waals surface area contributed by atoms with Gasteiger partial charge in [0.25, 0.3) is 0 Å². The molecular formula is C13H14N4O3. The summed E-state index contributed by atoms with van der Waals surface area (Å²) in [5, 5.41) is 9.22. The lowest BCUT2D eigenvalue weighted by Crippen LogP contribution is -2.21. The molecule has 0 fully saturated rings. The molecule has 0 saturated heterocycles. The largest absolute Gasteiger partial charge is 0.457 e. The Morgan fingerprint density at radius 2 is 2.05 bits per heavy atom. The topological polar surface area (TPSA) is 110 Å². The maximum atomic E-state index is 11.8. The number of nitrogens with two attached hydrogens (primary N) is 1. The first-order valence-corrected chi connectivity index (χ1v) is 5.92. The summed E-state index contributed by atoms with van der Waals surface area (Å²) in [6.45, 7) is 0.210. The minimum Gasteiger partial charge on any atom is -0.457 e. The van der Waals surface area contributed by atoms with Crippen LogP contribution in [0.3, 0.4) is 0 Å². The van der Waals surface area contributed by atoms with E-state index in [1.165, 1.54) is 0 Å². The Hall–Kier alpha value is -2.83. The van der Waals surface area contributed by atoms with E-state index in [4.69, 9.17) is 10.5 Å². The van der Waals surface area contributed by atoms with Crippen molar-refractivity contribution in [3.8, 4) is 0 Å². The minimum atomic E-state index is -0.450. The molecule has 7 nitrogen and oxygen atoms in total. The molecule has 104 valence electrons. The maximum absolute atomic E-state index is 11.8. The minimum absolute atomic E-state index is 0.0459. The van der Waals surface area contributed by atoms with Crippen molar-refractivity contribution in [2.24, 2.45) is 5.73 Å². The van der Waals surface area contributed by atoms with Crippen molar-refractivity contribution < 1.29 is 14.3 Å². The average Bonchev–Trinajstić information content (AvgIpc) is 2.96. The molecule has 0 aliphatic carbocycles. The van der Waals surface area contributed by atoms with Crippen LogP contribution in [0.4, 0.5) is 5.69 Å². The van der Waals surface area contributed by atoms with Crippen LogP contribution < -0.4 is 11.1 Å². The van der Waals surface area contributed by atoms with E-state index in [1.54, 1.807) is 36.7 Å². The van der Waals surface area contributed by atoms with Crippen LogP contribution in [0.25, 0.3) is 0 Å². The number of carbonyl (C=O) groups is 2. The van der Waals surface area contributed by atoms with Crippen LogP contribution in [0.1, 0.15) is 15.9 Å². The number of hydrogen-bond acceptors (Lipinski definition) is 5. The first-order chi connectivity index (χ1) is 9.65. The number of aromatic nitrogens is 2. The number of amides is 1. The fourth-order valence-corrected chi connectivity index (χ4v) is 1.50. The average molecular weight is 274 g/mol. The second-order valence-corrected chi connectivity index (χ2v) is 4.08. The first kappa shape index (κ1) is 13.6. The van der Waals surface area contributed by atoms with Crippen molar-refractivity contribution >= 4 is 17.6 Å². The van der Waals surface area contributed by atoms with Crippen LogP contribution in [-0.2, 0) is 16.1 Å². The van der Waals surface area contributed by atoms with Gasteiger partial charge in [-0.3, -0.25) is 9.89 Å². The highest BCUT2D eigenvalue weighted by Crippen LogP contribution is 2.11. The molecule has 0 atom stereocenters. The highest BCUT2D eigenvalue weighted by Gasteiger charge is 2.07.